The predicted octanol–water partition coefficient (Wildman–Crippen LogP) is 8.13. The lowest BCUT2D eigenvalue weighted by Gasteiger charge is -2.40. The summed E-state index contributed by atoms with van der Waals surface area (Å²) in [7, 11) is 0. The van der Waals surface area contributed by atoms with Gasteiger partial charge >= 0.3 is 0 Å². The smallest absolute Gasteiger partial charge is 0.246 e. The molecule has 14 heteroatoms. The molecule has 0 radical (unpaired) electrons. The number of rotatable bonds is 12. The van der Waals surface area contributed by atoms with E-state index in [1.807, 2.05) is 24.9 Å². The van der Waals surface area contributed by atoms with Gasteiger partial charge in [0.05, 0.1) is 29.0 Å². The second-order valence-electron chi connectivity index (χ2n) is 17.9. The molecule has 4 N–H and O–H groups in total. The number of anilines is 2. The van der Waals surface area contributed by atoms with Crippen LogP contribution < -0.4 is 10.6 Å². The third-order valence-corrected chi connectivity index (χ3v) is 13.2. The lowest BCUT2D eigenvalue weighted by Crippen LogP contribution is -2.53. The number of piperidine rings is 1. The van der Waals surface area contributed by atoms with Crippen LogP contribution in [0.1, 0.15) is 77.5 Å². The SMILES string of the molecule is CC(C)[C@H](Nc1ncccn1)C(=O)N1CC2CCC1(c1nc3ccc(-c4ccc5cc(-c6cnc([C@@H]7CCCN7C(=O)[C@H](Nc7ncccn7)C(C)C)[nH]6)ccc5c4)cc3[nH]1)C2. The molecular formula is C48H52N12O2. The fourth-order valence-electron chi connectivity index (χ4n) is 9.97. The van der Waals surface area contributed by atoms with E-state index >= 15 is 0 Å². The van der Waals surface area contributed by atoms with Gasteiger partial charge in [0, 0.05) is 43.4 Å². The summed E-state index contributed by atoms with van der Waals surface area (Å²) in [6, 6.07) is 21.9. The maximum atomic E-state index is 14.3. The summed E-state index contributed by atoms with van der Waals surface area (Å²) < 4.78 is 0. The molecule has 2 aliphatic heterocycles. The fraction of sp³-hybridized carbons (Fsp3) is 0.375. The minimum Gasteiger partial charge on any atom is -0.342 e. The number of imidazole rings is 2. The average molecular weight is 829 g/mol. The molecule has 2 bridgehead atoms. The first kappa shape index (κ1) is 39.4. The van der Waals surface area contributed by atoms with E-state index in [1.54, 1.807) is 36.9 Å². The highest BCUT2D eigenvalue weighted by Crippen LogP contribution is 2.53. The van der Waals surface area contributed by atoms with E-state index in [0.717, 1.165) is 94.5 Å². The number of amides is 2. The molecule has 7 aromatic rings. The number of H-pyrrole nitrogens is 2. The van der Waals surface area contributed by atoms with Crippen molar-refractivity contribution in [3.8, 4) is 22.4 Å². The van der Waals surface area contributed by atoms with Gasteiger partial charge in [-0.25, -0.2) is 29.9 Å². The number of aromatic nitrogens is 8. The number of likely N-dealkylation sites (tertiary alicyclic amines) is 2. The Morgan fingerprint density at radius 3 is 2.05 bits per heavy atom. The highest BCUT2D eigenvalue weighted by Gasteiger charge is 2.56. The Labute approximate surface area is 360 Å². The summed E-state index contributed by atoms with van der Waals surface area (Å²) in [4.78, 5) is 66.8. The third-order valence-electron chi connectivity index (χ3n) is 13.2. The molecule has 1 aliphatic carbocycles. The number of hydrogen-bond donors (Lipinski definition) is 4. The van der Waals surface area contributed by atoms with Gasteiger partial charge < -0.3 is 30.4 Å². The van der Waals surface area contributed by atoms with Crippen molar-refractivity contribution in [2.24, 2.45) is 17.8 Å². The van der Waals surface area contributed by atoms with Crippen LogP contribution in [0.25, 0.3) is 44.2 Å². The van der Waals surface area contributed by atoms with Crippen molar-refractivity contribution in [3.05, 3.63) is 109 Å². The van der Waals surface area contributed by atoms with Crippen molar-refractivity contribution in [1.82, 2.24) is 49.7 Å². The van der Waals surface area contributed by atoms with E-state index in [9.17, 15) is 9.59 Å². The van der Waals surface area contributed by atoms with Crippen LogP contribution >= 0.6 is 0 Å². The summed E-state index contributed by atoms with van der Waals surface area (Å²) in [5.41, 5.74) is 5.53. The predicted molar refractivity (Wildman–Crippen MR) is 240 cm³/mol. The molecular weight excluding hydrogens is 777 g/mol. The van der Waals surface area contributed by atoms with E-state index < -0.39 is 17.6 Å². The molecule has 2 amide bonds. The van der Waals surface area contributed by atoms with Crippen LogP contribution in [0.3, 0.4) is 0 Å². The van der Waals surface area contributed by atoms with Crippen molar-refractivity contribution < 1.29 is 9.59 Å². The van der Waals surface area contributed by atoms with Gasteiger partial charge in [-0.3, -0.25) is 9.59 Å². The fourth-order valence-corrected chi connectivity index (χ4v) is 9.97. The molecule has 3 fully saturated rings. The molecule has 14 nitrogen and oxygen atoms in total. The highest BCUT2D eigenvalue weighted by atomic mass is 16.2. The largest absolute Gasteiger partial charge is 0.342 e. The van der Waals surface area contributed by atoms with E-state index in [1.165, 1.54) is 0 Å². The molecule has 3 aromatic carbocycles. The Kier molecular flexibility index (Phi) is 10.2. The van der Waals surface area contributed by atoms with E-state index in [0.29, 0.717) is 24.4 Å². The lowest BCUT2D eigenvalue weighted by atomic mass is 9.93. The Bertz CT molecular complexity index is 2750. The number of hydrogen-bond acceptors (Lipinski definition) is 10. The molecule has 1 saturated carbocycles. The third kappa shape index (κ3) is 7.20. The van der Waals surface area contributed by atoms with Crippen LogP contribution in [0.15, 0.2) is 97.7 Å². The zero-order valence-corrected chi connectivity index (χ0v) is 35.5. The van der Waals surface area contributed by atoms with Gasteiger partial charge in [0.2, 0.25) is 23.7 Å². The maximum Gasteiger partial charge on any atom is 0.246 e. The summed E-state index contributed by atoms with van der Waals surface area (Å²) in [6.07, 6.45) is 13.2. The number of nitrogens with zero attached hydrogens (tertiary/aromatic N) is 8. The standard InChI is InChI=1S/C48H52N12O2/c1-28(2)40(57-46-49-17-6-18-50-46)43(61)59-21-5-8-39(59)42-53-26-38(54-42)35-12-11-31-22-32(9-10-33(31)23-35)34-13-14-36-37(24-34)56-45(55-36)48-16-15-30(25-48)27-60(48)44(62)41(29(3)4)58-47-51-19-7-20-52-47/h6-7,9-14,17-20,22-24,26,28-30,39-41H,5,8,15-16,21,25,27H2,1-4H3,(H,53,54)(H,55,56)(H,49,50,57)(H,51,52,58)/t30?,39-,40+,41-,48?/m0/s1. The Balaban J connectivity index is 0.863. The molecule has 3 aliphatic rings. The molecule has 316 valence electrons. The van der Waals surface area contributed by atoms with Crippen LogP contribution in [0.5, 0.6) is 0 Å². The first-order valence-electron chi connectivity index (χ1n) is 21.9. The second kappa shape index (κ2) is 16.0. The first-order valence-corrected chi connectivity index (χ1v) is 21.9. The van der Waals surface area contributed by atoms with Gasteiger partial charge in [-0.15, -0.1) is 0 Å². The van der Waals surface area contributed by atoms with Crippen LogP contribution in [-0.4, -0.2) is 86.7 Å². The van der Waals surface area contributed by atoms with Crippen molar-refractivity contribution in [2.75, 3.05) is 23.7 Å². The van der Waals surface area contributed by atoms with Crippen LogP contribution in [0.4, 0.5) is 11.9 Å². The molecule has 2 saturated heterocycles. The summed E-state index contributed by atoms with van der Waals surface area (Å²) in [5, 5.41) is 8.83. The van der Waals surface area contributed by atoms with Crippen molar-refractivity contribution in [3.63, 3.8) is 0 Å². The summed E-state index contributed by atoms with van der Waals surface area (Å²) in [5.74, 6) is 3.21. The number of aromatic amines is 2. The first-order chi connectivity index (χ1) is 30.1. The van der Waals surface area contributed by atoms with E-state index in [4.69, 9.17) is 9.97 Å². The second-order valence-corrected chi connectivity index (χ2v) is 17.9. The zero-order chi connectivity index (χ0) is 42.5. The average Bonchev–Trinajstić information content (AvgIpc) is 4.15. The Morgan fingerprint density at radius 2 is 1.37 bits per heavy atom. The molecule has 4 aromatic heterocycles. The van der Waals surface area contributed by atoms with Crippen molar-refractivity contribution in [1.29, 1.82) is 0 Å². The Hall–Kier alpha value is -6.70. The van der Waals surface area contributed by atoms with Gasteiger partial charge in [-0.1, -0.05) is 58.0 Å². The van der Waals surface area contributed by atoms with Gasteiger partial charge in [-0.2, -0.15) is 0 Å². The normalized spacial score (nSPS) is 20.7. The number of carbonyl (C=O) groups is 2. The molecule has 2 unspecified atom stereocenters. The topological polar surface area (TPSA) is 174 Å². The van der Waals surface area contributed by atoms with Crippen LogP contribution in [-0.2, 0) is 15.1 Å². The molecule has 62 heavy (non-hydrogen) atoms. The minimum absolute atomic E-state index is 0.0316. The van der Waals surface area contributed by atoms with Gasteiger partial charge in [-0.05, 0) is 108 Å². The monoisotopic (exact) mass is 828 g/mol. The van der Waals surface area contributed by atoms with Gasteiger partial charge in [0.25, 0.3) is 0 Å². The van der Waals surface area contributed by atoms with Crippen LogP contribution in [0, 0.1) is 17.8 Å². The highest BCUT2D eigenvalue weighted by molar-refractivity contribution is 5.92. The maximum absolute atomic E-state index is 14.3. The van der Waals surface area contributed by atoms with Gasteiger partial charge in [0.1, 0.15) is 29.3 Å². The minimum atomic E-state index is -0.468. The summed E-state index contributed by atoms with van der Waals surface area (Å²) >= 11 is 0. The number of fused-ring (bicyclic) bond motifs is 4. The molecule has 0 spiro atoms. The lowest BCUT2D eigenvalue weighted by molar-refractivity contribution is -0.139. The van der Waals surface area contributed by atoms with Gasteiger partial charge in [0.15, 0.2) is 0 Å². The summed E-state index contributed by atoms with van der Waals surface area (Å²) in [6.45, 7) is 9.59. The Morgan fingerprint density at radius 1 is 0.742 bits per heavy atom. The molecule has 5 atom stereocenters. The number of carbonyl (C=O) groups excluding carboxylic acids is 2. The van der Waals surface area contributed by atoms with Crippen LogP contribution in [0.2, 0.25) is 0 Å². The number of benzene rings is 3. The molecule has 10 rings (SSSR count). The van der Waals surface area contributed by atoms with E-state index in [-0.39, 0.29) is 29.7 Å². The quantitative estimate of drug-likeness (QED) is 0.0942. The number of nitrogens with one attached hydrogen (secondary N) is 4. The zero-order valence-electron chi connectivity index (χ0n) is 35.5. The van der Waals surface area contributed by atoms with Crippen molar-refractivity contribution >= 4 is 45.5 Å². The van der Waals surface area contributed by atoms with E-state index in [2.05, 4.69) is 114 Å². The molecule has 6 heterocycles. The van der Waals surface area contributed by atoms with Crippen molar-refractivity contribution in [2.45, 2.75) is 83.5 Å².